The molecule has 3 aromatic rings. The largest absolute Gasteiger partial charge is 0.534 e. The Balaban J connectivity index is 1.92. The third-order valence-corrected chi connectivity index (χ3v) is 7.83. The lowest BCUT2D eigenvalue weighted by Crippen LogP contribution is -2.28. The molecule has 2 aromatic carbocycles. The fourth-order valence-electron chi connectivity index (χ4n) is 2.81. The Labute approximate surface area is 238 Å². The summed E-state index contributed by atoms with van der Waals surface area (Å²) in [5, 5.41) is 17.2. The van der Waals surface area contributed by atoms with Crippen LogP contribution in [0.15, 0.2) is 46.9 Å². The van der Waals surface area contributed by atoms with E-state index in [2.05, 4.69) is 20.0 Å². The molecule has 0 fully saturated rings. The first-order chi connectivity index (χ1) is 17.6. The summed E-state index contributed by atoms with van der Waals surface area (Å²) in [5.41, 5.74) is -2.76. The van der Waals surface area contributed by atoms with Crippen LogP contribution < -0.4 is 14.9 Å². The molecule has 1 aromatic heterocycles. The summed E-state index contributed by atoms with van der Waals surface area (Å²) in [7, 11) is -6.03. The van der Waals surface area contributed by atoms with E-state index in [0.29, 0.717) is 5.69 Å². The van der Waals surface area contributed by atoms with E-state index in [1.165, 1.54) is 48.7 Å². The SMILES string of the molecule is C/C(=N\NC(=S)Nc1ccc(C(=O)O)c(Cl)c1)c1scc(-c2ccc(Cl)c(Cl)c2)c1OS(=O)(=O)C(F)(F)F. The van der Waals surface area contributed by atoms with Crippen LogP contribution in [-0.4, -0.2) is 35.8 Å². The highest BCUT2D eigenvalue weighted by atomic mass is 35.5. The van der Waals surface area contributed by atoms with Gasteiger partial charge in [0, 0.05) is 16.6 Å². The van der Waals surface area contributed by atoms with Crippen LogP contribution in [0.2, 0.25) is 15.1 Å². The third-order valence-electron chi connectivity index (χ3n) is 4.56. The smallest absolute Gasteiger partial charge is 0.478 e. The van der Waals surface area contributed by atoms with Crippen molar-refractivity contribution in [3.8, 4) is 16.9 Å². The first kappa shape index (κ1) is 29.9. The zero-order valence-corrected chi connectivity index (χ0v) is 23.3. The summed E-state index contributed by atoms with van der Waals surface area (Å²) < 4.78 is 67.5. The van der Waals surface area contributed by atoms with E-state index in [1.54, 1.807) is 0 Å². The minimum absolute atomic E-state index is 0.000180. The number of benzene rings is 2. The Hall–Kier alpha value is -2.62. The first-order valence-corrected chi connectivity index (χ1v) is 13.7. The van der Waals surface area contributed by atoms with Gasteiger partial charge in [0.15, 0.2) is 10.9 Å². The van der Waals surface area contributed by atoms with E-state index in [9.17, 15) is 26.4 Å². The lowest BCUT2D eigenvalue weighted by atomic mass is 10.1. The molecule has 17 heteroatoms. The van der Waals surface area contributed by atoms with Crippen LogP contribution in [0, 0.1) is 0 Å². The second-order valence-corrected chi connectivity index (χ2v) is 11.2. The van der Waals surface area contributed by atoms with Crippen LogP contribution >= 0.6 is 58.4 Å². The number of alkyl halides is 3. The Morgan fingerprint density at radius 2 is 1.79 bits per heavy atom. The average molecular weight is 647 g/mol. The molecule has 0 radical (unpaired) electrons. The molecule has 0 atom stereocenters. The number of carbonyl (C=O) groups is 1. The van der Waals surface area contributed by atoms with Crippen molar-refractivity contribution in [3.63, 3.8) is 0 Å². The Morgan fingerprint density at radius 3 is 2.37 bits per heavy atom. The highest BCUT2D eigenvalue weighted by Crippen LogP contribution is 2.42. The molecule has 0 aliphatic rings. The van der Waals surface area contributed by atoms with Gasteiger partial charge in [-0.1, -0.05) is 40.9 Å². The number of aromatic carboxylic acids is 1. The number of anilines is 1. The number of carboxylic acid groups (broad SMARTS) is 1. The van der Waals surface area contributed by atoms with E-state index in [-0.39, 0.29) is 47.5 Å². The predicted octanol–water partition coefficient (Wildman–Crippen LogP) is 7.01. The number of hydrogen-bond donors (Lipinski definition) is 3. The van der Waals surface area contributed by atoms with E-state index in [4.69, 9.17) is 52.1 Å². The normalized spacial score (nSPS) is 12.2. The molecule has 0 aliphatic carbocycles. The lowest BCUT2D eigenvalue weighted by Gasteiger charge is -2.13. The van der Waals surface area contributed by atoms with E-state index < -0.39 is 27.3 Å². The monoisotopic (exact) mass is 645 g/mol. The molecule has 0 amide bonds. The van der Waals surface area contributed by atoms with E-state index in [1.807, 2.05) is 0 Å². The predicted molar refractivity (Wildman–Crippen MR) is 145 cm³/mol. The van der Waals surface area contributed by atoms with Crippen LogP contribution in [0.4, 0.5) is 18.9 Å². The quantitative estimate of drug-likeness (QED) is 0.0825. The lowest BCUT2D eigenvalue weighted by molar-refractivity contribution is -0.0499. The number of hydrazone groups is 1. The van der Waals surface area contributed by atoms with Gasteiger partial charge in [-0.25, -0.2) is 4.79 Å². The number of carboxylic acids is 1. The zero-order valence-electron chi connectivity index (χ0n) is 18.6. The van der Waals surface area contributed by atoms with Gasteiger partial charge in [0.1, 0.15) is 0 Å². The summed E-state index contributed by atoms with van der Waals surface area (Å²) in [4.78, 5) is 11.0. The molecule has 0 unspecified atom stereocenters. The maximum absolute atomic E-state index is 13.1. The minimum atomic E-state index is -6.03. The molecule has 0 saturated carbocycles. The van der Waals surface area contributed by atoms with Crippen LogP contribution in [0.3, 0.4) is 0 Å². The Bertz CT molecular complexity index is 1560. The third kappa shape index (κ3) is 6.87. The van der Waals surface area contributed by atoms with Gasteiger partial charge >= 0.3 is 21.6 Å². The molecule has 3 rings (SSSR count). The molecule has 202 valence electrons. The topological polar surface area (TPSA) is 117 Å². The molecule has 1 heterocycles. The molecule has 0 bridgehead atoms. The molecule has 0 spiro atoms. The second-order valence-electron chi connectivity index (χ2n) is 7.18. The van der Waals surface area contributed by atoms with Crippen molar-refractivity contribution in [2.45, 2.75) is 12.4 Å². The van der Waals surface area contributed by atoms with Gasteiger partial charge in [-0.15, -0.1) is 11.3 Å². The maximum Gasteiger partial charge on any atom is 0.534 e. The first-order valence-electron chi connectivity index (χ1n) is 9.83. The molecule has 0 aliphatic heterocycles. The minimum Gasteiger partial charge on any atom is -0.478 e. The van der Waals surface area contributed by atoms with Gasteiger partial charge in [0.05, 0.1) is 31.2 Å². The second kappa shape index (κ2) is 11.6. The molecular weight excluding hydrogens is 634 g/mol. The number of hydrogen-bond acceptors (Lipinski definition) is 7. The molecular formula is C21H13Cl3F3N3O5S3. The number of thiophene rings is 1. The van der Waals surface area contributed by atoms with Gasteiger partial charge in [-0.3, -0.25) is 5.43 Å². The van der Waals surface area contributed by atoms with Crippen molar-refractivity contribution in [1.82, 2.24) is 5.43 Å². The van der Waals surface area contributed by atoms with E-state index in [0.717, 1.165) is 11.3 Å². The number of nitrogens with zero attached hydrogens (tertiary/aromatic N) is 1. The Morgan fingerprint density at radius 1 is 1.11 bits per heavy atom. The van der Waals surface area contributed by atoms with Crippen LogP contribution in [0.1, 0.15) is 22.2 Å². The van der Waals surface area contributed by atoms with Crippen molar-refractivity contribution >= 4 is 91.0 Å². The zero-order chi connectivity index (χ0) is 28.4. The van der Waals surface area contributed by atoms with Crippen molar-refractivity contribution < 1.29 is 35.7 Å². The standard InChI is InChI=1S/C21H13Cl3F3N3O5S3/c1-9(29-30-20(36)28-11-3-4-12(19(31)32)15(23)7-11)18-17(35-38(33,34)21(25,26)27)13(8-37-18)10-2-5-14(22)16(24)6-10/h2-8H,1H3,(H,31,32)(H2,28,30,36)/b29-9+. The molecule has 38 heavy (non-hydrogen) atoms. The fourth-order valence-corrected chi connectivity index (χ4v) is 5.03. The number of nitrogens with one attached hydrogen (secondary N) is 2. The Kier molecular flexibility index (Phi) is 9.16. The van der Waals surface area contributed by atoms with Crippen molar-refractivity contribution in [3.05, 3.63) is 67.3 Å². The van der Waals surface area contributed by atoms with Gasteiger partial charge in [-0.2, -0.15) is 26.7 Å². The summed E-state index contributed by atoms with van der Waals surface area (Å²) in [5.74, 6) is -1.84. The van der Waals surface area contributed by atoms with E-state index >= 15 is 0 Å². The van der Waals surface area contributed by atoms with Crippen molar-refractivity contribution in [2.24, 2.45) is 5.10 Å². The van der Waals surface area contributed by atoms with Gasteiger partial charge in [-0.05, 0) is 55.0 Å². The van der Waals surface area contributed by atoms with Crippen molar-refractivity contribution in [1.29, 1.82) is 0 Å². The van der Waals surface area contributed by atoms with Gasteiger partial charge < -0.3 is 14.6 Å². The summed E-state index contributed by atoms with van der Waals surface area (Å²) >= 11 is 23.8. The van der Waals surface area contributed by atoms with Crippen LogP contribution in [0.5, 0.6) is 5.75 Å². The highest BCUT2D eigenvalue weighted by Gasteiger charge is 2.49. The summed E-state index contributed by atoms with van der Waals surface area (Å²) in [6.45, 7) is 1.38. The summed E-state index contributed by atoms with van der Waals surface area (Å²) in [6, 6.07) is 8.12. The summed E-state index contributed by atoms with van der Waals surface area (Å²) in [6.07, 6.45) is 0. The molecule has 8 nitrogen and oxygen atoms in total. The number of halogens is 6. The van der Waals surface area contributed by atoms with Gasteiger partial charge in [0.25, 0.3) is 0 Å². The van der Waals surface area contributed by atoms with Crippen LogP contribution in [-0.2, 0) is 10.1 Å². The highest BCUT2D eigenvalue weighted by molar-refractivity contribution is 7.88. The fraction of sp³-hybridized carbons (Fsp3) is 0.0952. The van der Waals surface area contributed by atoms with Crippen LogP contribution in [0.25, 0.3) is 11.1 Å². The van der Waals surface area contributed by atoms with Crippen molar-refractivity contribution in [2.75, 3.05) is 5.32 Å². The average Bonchev–Trinajstić information content (AvgIpc) is 3.21. The molecule has 3 N–H and O–H groups in total. The number of rotatable bonds is 7. The van der Waals surface area contributed by atoms with Gasteiger partial charge in [0.2, 0.25) is 0 Å². The molecule has 0 saturated heterocycles. The number of thiocarbonyl (C=S) groups is 1. The maximum atomic E-state index is 13.1.